The Hall–Kier alpha value is -3.51. The van der Waals surface area contributed by atoms with Crippen molar-refractivity contribution in [2.45, 2.75) is 50.9 Å². The van der Waals surface area contributed by atoms with Crippen LogP contribution in [0.2, 0.25) is 0 Å². The molecular weight excluding hydrogens is 540 g/mol. The molecular formula is C31H45N4O7+. The first kappa shape index (κ1) is 33.0. The third kappa shape index (κ3) is 10.4. The largest absolute Gasteiger partial charge is 0.497 e. The first-order valence-corrected chi connectivity index (χ1v) is 14.5. The van der Waals surface area contributed by atoms with Gasteiger partial charge in [0, 0.05) is 18.9 Å². The molecule has 1 saturated heterocycles. The highest BCUT2D eigenvalue weighted by Crippen LogP contribution is 2.15. The molecule has 0 radical (unpaired) electrons. The number of aliphatic hydroxyl groups excluding tert-OH is 2. The number of hydrogen-bond donors (Lipinski definition) is 6. The van der Waals surface area contributed by atoms with Crippen molar-refractivity contribution in [3.05, 3.63) is 65.7 Å². The van der Waals surface area contributed by atoms with Crippen LogP contribution in [0, 0.1) is 5.92 Å². The molecule has 0 aromatic heterocycles. The molecule has 1 fully saturated rings. The minimum atomic E-state index is -1.03. The zero-order chi connectivity index (χ0) is 30.5. The Balaban J connectivity index is 1.74. The predicted molar refractivity (Wildman–Crippen MR) is 157 cm³/mol. The summed E-state index contributed by atoms with van der Waals surface area (Å²) in [5, 5.41) is 29.1. The maximum Gasteiger partial charge on any atom is 0.275 e. The van der Waals surface area contributed by atoms with Crippen LogP contribution in [0.5, 0.6) is 5.75 Å². The fourth-order valence-corrected chi connectivity index (χ4v) is 4.84. The van der Waals surface area contributed by atoms with Gasteiger partial charge < -0.3 is 40.5 Å². The van der Waals surface area contributed by atoms with Crippen molar-refractivity contribution in [2.24, 2.45) is 5.92 Å². The third-order valence-electron chi connectivity index (χ3n) is 7.52. The van der Waals surface area contributed by atoms with Crippen molar-refractivity contribution in [3.8, 4) is 5.75 Å². The summed E-state index contributed by atoms with van der Waals surface area (Å²) in [6.07, 6.45) is -0.529. The number of ether oxygens (including phenoxy) is 2. The number of amides is 3. The molecule has 11 heteroatoms. The minimum absolute atomic E-state index is 0.171. The minimum Gasteiger partial charge on any atom is -0.497 e. The molecule has 0 bridgehead atoms. The van der Waals surface area contributed by atoms with Gasteiger partial charge in [0.1, 0.15) is 30.9 Å². The number of quaternary nitrogens is 1. The van der Waals surface area contributed by atoms with E-state index in [-0.39, 0.29) is 25.5 Å². The molecule has 0 unspecified atom stereocenters. The van der Waals surface area contributed by atoms with Crippen LogP contribution in [-0.4, -0.2) is 98.7 Å². The highest BCUT2D eigenvalue weighted by Gasteiger charge is 2.31. The van der Waals surface area contributed by atoms with Gasteiger partial charge in [-0.2, -0.15) is 0 Å². The maximum atomic E-state index is 13.7. The maximum absolute atomic E-state index is 13.7. The van der Waals surface area contributed by atoms with Gasteiger partial charge in [0.05, 0.1) is 32.5 Å². The number of carbonyl (C=O) groups is 3. The Morgan fingerprint density at radius 2 is 1.55 bits per heavy atom. The predicted octanol–water partition coefficient (Wildman–Crippen LogP) is -1.14. The molecule has 230 valence electrons. The average Bonchev–Trinajstić information content (AvgIpc) is 3.00. The molecule has 0 spiro atoms. The van der Waals surface area contributed by atoms with Gasteiger partial charge >= 0.3 is 0 Å². The fourth-order valence-electron chi connectivity index (χ4n) is 4.84. The molecule has 1 aliphatic heterocycles. The van der Waals surface area contributed by atoms with Gasteiger partial charge in [-0.1, -0.05) is 49.4 Å². The zero-order valence-electron chi connectivity index (χ0n) is 24.7. The summed E-state index contributed by atoms with van der Waals surface area (Å²) in [4.78, 5) is 40.6. The monoisotopic (exact) mass is 585 g/mol. The summed E-state index contributed by atoms with van der Waals surface area (Å²) in [5.41, 5.74) is 1.69. The topological polar surface area (TPSA) is 151 Å². The molecule has 6 N–H and O–H groups in total. The van der Waals surface area contributed by atoms with E-state index in [4.69, 9.17) is 9.47 Å². The molecule has 2 aromatic carbocycles. The van der Waals surface area contributed by atoms with E-state index in [9.17, 15) is 24.6 Å². The highest BCUT2D eigenvalue weighted by atomic mass is 16.5. The van der Waals surface area contributed by atoms with Crippen molar-refractivity contribution >= 4 is 17.7 Å². The molecule has 1 heterocycles. The standard InChI is InChI=1S/C31H44N4O7/c1-21(20-36)29(38)26(17-23-7-5-4-6-8-23)33-31(40)27(18-24-9-11-25(41-3)12-10-24)34-30(39)22(2)32-28(37)19-35-13-15-42-16-14-35/h4-12,21-22,26-27,29,36,38H,13-20H2,1-3H3,(H,32,37)(H,33,40)(H,34,39)/p+1/t21-,22-,26+,27+,29+/m1/s1. The van der Waals surface area contributed by atoms with E-state index >= 15 is 0 Å². The van der Waals surface area contributed by atoms with Crippen LogP contribution in [0.25, 0.3) is 0 Å². The van der Waals surface area contributed by atoms with Crippen LogP contribution in [-0.2, 0) is 32.0 Å². The number of rotatable bonds is 15. The van der Waals surface area contributed by atoms with Crippen LogP contribution in [0.3, 0.4) is 0 Å². The summed E-state index contributed by atoms with van der Waals surface area (Å²) >= 11 is 0. The molecule has 11 nitrogen and oxygen atoms in total. The highest BCUT2D eigenvalue weighted by molar-refractivity contribution is 5.92. The Kier molecular flexibility index (Phi) is 13.2. The molecule has 1 aliphatic rings. The lowest BCUT2D eigenvalue weighted by atomic mass is 9.92. The van der Waals surface area contributed by atoms with E-state index in [0.29, 0.717) is 25.4 Å². The van der Waals surface area contributed by atoms with Crippen molar-refractivity contribution in [1.29, 1.82) is 0 Å². The second-order valence-corrected chi connectivity index (χ2v) is 10.9. The van der Waals surface area contributed by atoms with Gasteiger partial charge in [0.15, 0.2) is 6.54 Å². The van der Waals surface area contributed by atoms with Gasteiger partial charge in [-0.05, 0) is 36.6 Å². The van der Waals surface area contributed by atoms with Crippen molar-refractivity contribution < 1.29 is 39.0 Å². The first-order chi connectivity index (χ1) is 20.2. The van der Waals surface area contributed by atoms with E-state index in [2.05, 4.69) is 16.0 Å². The summed E-state index contributed by atoms with van der Waals surface area (Å²) < 4.78 is 10.6. The second-order valence-electron chi connectivity index (χ2n) is 10.9. The number of carbonyl (C=O) groups excluding carboxylic acids is 3. The number of morpholine rings is 1. The van der Waals surface area contributed by atoms with Gasteiger partial charge in [0.25, 0.3) is 5.91 Å². The molecule has 2 aromatic rings. The lowest BCUT2D eigenvalue weighted by Gasteiger charge is -2.30. The lowest BCUT2D eigenvalue weighted by Crippen LogP contribution is -3.15. The molecule has 3 amide bonds. The summed E-state index contributed by atoms with van der Waals surface area (Å²) in [6.45, 7) is 5.90. The molecule has 5 atom stereocenters. The number of methoxy groups -OCH3 is 1. The Morgan fingerprint density at radius 1 is 0.905 bits per heavy atom. The van der Waals surface area contributed by atoms with Crippen LogP contribution >= 0.6 is 0 Å². The van der Waals surface area contributed by atoms with Crippen molar-refractivity contribution in [1.82, 2.24) is 16.0 Å². The van der Waals surface area contributed by atoms with E-state index in [1.54, 1.807) is 33.1 Å². The van der Waals surface area contributed by atoms with Crippen LogP contribution in [0.1, 0.15) is 25.0 Å². The Labute approximate surface area is 247 Å². The summed E-state index contributed by atoms with van der Waals surface area (Å²) in [5.74, 6) is -1.07. The van der Waals surface area contributed by atoms with Gasteiger partial charge in [-0.25, -0.2) is 0 Å². The Bertz CT molecular complexity index is 1130. The lowest BCUT2D eigenvalue weighted by molar-refractivity contribution is -0.900. The summed E-state index contributed by atoms with van der Waals surface area (Å²) in [7, 11) is 1.56. The first-order valence-electron chi connectivity index (χ1n) is 14.5. The zero-order valence-corrected chi connectivity index (χ0v) is 24.7. The van der Waals surface area contributed by atoms with Crippen molar-refractivity contribution in [2.75, 3.05) is 46.6 Å². The molecule has 0 aliphatic carbocycles. The normalized spacial score (nSPS) is 17.3. The molecule has 0 saturated carbocycles. The van der Waals surface area contributed by atoms with E-state index in [0.717, 1.165) is 29.1 Å². The Morgan fingerprint density at radius 3 is 2.17 bits per heavy atom. The number of benzene rings is 2. The molecule has 3 rings (SSSR count). The van der Waals surface area contributed by atoms with Crippen LogP contribution < -0.4 is 25.6 Å². The SMILES string of the molecule is COc1ccc(C[C@H](NC(=O)[C@@H](C)NC(=O)C[NH+]2CCOCC2)C(=O)N[C@@H](Cc2ccccc2)[C@@H](O)[C@H](C)CO)cc1. The van der Waals surface area contributed by atoms with Gasteiger partial charge in [-0.15, -0.1) is 0 Å². The van der Waals surface area contributed by atoms with Crippen molar-refractivity contribution in [3.63, 3.8) is 0 Å². The number of nitrogens with one attached hydrogen (secondary N) is 4. The van der Waals surface area contributed by atoms with E-state index < -0.39 is 42.0 Å². The average molecular weight is 586 g/mol. The van der Waals surface area contributed by atoms with E-state index in [1.807, 2.05) is 42.5 Å². The number of hydrogen-bond acceptors (Lipinski definition) is 7. The molecule has 42 heavy (non-hydrogen) atoms. The smallest absolute Gasteiger partial charge is 0.275 e. The second kappa shape index (κ2) is 16.8. The fraction of sp³-hybridized carbons (Fsp3) is 0.516. The van der Waals surface area contributed by atoms with Crippen LogP contribution in [0.15, 0.2) is 54.6 Å². The van der Waals surface area contributed by atoms with Crippen LogP contribution in [0.4, 0.5) is 0 Å². The summed E-state index contributed by atoms with van der Waals surface area (Å²) in [6, 6.07) is 14.0. The number of aliphatic hydroxyl groups is 2. The van der Waals surface area contributed by atoms with Gasteiger partial charge in [0.2, 0.25) is 11.8 Å². The van der Waals surface area contributed by atoms with Gasteiger partial charge in [-0.3, -0.25) is 14.4 Å². The van der Waals surface area contributed by atoms with E-state index in [1.165, 1.54) is 0 Å². The quantitative estimate of drug-likeness (QED) is 0.155. The third-order valence-corrected chi connectivity index (χ3v) is 7.52.